The first kappa shape index (κ1) is 17.5. The fraction of sp³-hybridized carbons (Fsp3) is 0.467. The first-order valence-corrected chi connectivity index (χ1v) is 7.48. The van der Waals surface area contributed by atoms with E-state index in [4.69, 9.17) is 17.3 Å². The maximum atomic E-state index is 11.9. The van der Waals surface area contributed by atoms with Crippen LogP contribution in [0.3, 0.4) is 0 Å². The van der Waals surface area contributed by atoms with Gasteiger partial charge in [0.2, 0.25) is 5.91 Å². The second-order valence-electron chi connectivity index (χ2n) is 4.77. The van der Waals surface area contributed by atoms with Gasteiger partial charge < -0.3 is 16.4 Å². The van der Waals surface area contributed by atoms with Gasteiger partial charge in [0.05, 0.1) is 10.7 Å². The molecule has 0 saturated carbocycles. The Morgan fingerprint density at radius 2 is 1.90 bits per heavy atom. The molecule has 0 heterocycles. The predicted octanol–water partition coefficient (Wildman–Crippen LogP) is 2.55. The summed E-state index contributed by atoms with van der Waals surface area (Å²) in [6, 6.07) is 4.79. The number of rotatable bonds is 8. The van der Waals surface area contributed by atoms with Crippen LogP contribution in [-0.2, 0) is 4.79 Å². The molecule has 6 heteroatoms. The van der Waals surface area contributed by atoms with Crippen LogP contribution in [0, 0.1) is 0 Å². The van der Waals surface area contributed by atoms with E-state index in [0.717, 1.165) is 25.7 Å². The van der Waals surface area contributed by atoms with E-state index >= 15 is 0 Å². The summed E-state index contributed by atoms with van der Waals surface area (Å²) in [6.07, 6.45) is 4.26. The third kappa shape index (κ3) is 6.14. The Morgan fingerprint density at radius 1 is 1.19 bits per heavy atom. The Morgan fingerprint density at radius 3 is 2.57 bits per heavy atom. The van der Waals surface area contributed by atoms with Gasteiger partial charge in [0.1, 0.15) is 0 Å². The molecule has 0 atom stereocenters. The summed E-state index contributed by atoms with van der Waals surface area (Å²) in [5.74, 6) is -0.317. The van der Waals surface area contributed by atoms with Crippen molar-refractivity contribution in [1.29, 1.82) is 0 Å². The average molecular weight is 312 g/mol. The number of nitrogens with one attached hydrogen (secondary N) is 2. The van der Waals surface area contributed by atoms with Crippen molar-refractivity contribution in [3.05, 3.63) is 28.8 Å². The van der Waals surface area contributed by atoms with Crippen LogP contribution in [0.5, 0.6) is 0 Å². The van der Waals surface area contributed by atoms with Gasteiger partial charge in [-0.25, -0.2) is 0 Å². The number of hydrogen-bond donors (Lipinski definition) is 3. The van der Waals surface area contributed by atoms with Gasteiger partial charge >= 0.3 is 0 Å². The number of nitrogens with two attached hydrogens (primary N) is 1. The molecule has 0 aliphatic carbocycles. The molecular weight excluding hydrogens is 290 g/mol. The third-order valence-electron chi connectivity index (χ3n) is 3.09. The highest BCUT2D eigenvalue weighted by atomic mass is 35.5. The second kappa shape index (κ2) is 9.37. The molecule has 1 aromatic rings. The van der Waals surface area contributed by atoms with Crippen molar-refractivity contribution in [2.24, 2.45) is 5.73 Å². The molecule has 0 aliphatic heterocycles. The van der Waals surface area contributed by atoms with Crippen molar-refractivity contribution in [1.82, 2.24) is 5.32 Å². The average Bonchev–Trinajstić information content (AvgIpc) is 2.48. The van der Waals surface area contributed by atoms with Crippen LogP contribution in [0.4, 0.5) is 5.69 Å². The number of hydrogen-bond acceptors (Lipinski definition) is 3. The fourth-order valence-electron chi connectivity index (χ4n) is 1.90. The lowest BCUT2D eigenvalue weighted by Crippen LogP contribution is -2.18. The molecule has 0 saturated heterocycles. The zero-order chi connectivity index (χ0) is 15.7. The maximum absolute atomic E-state index is 11.9. The summed E-state index contributed by atoms with van der Waals surface area (Å²) < 4.78 is 0. The molecule has 1 aromatic carbocycles. The van der Waals surface area contributed by atoms with Crippen molar-refractivity contribution in [3.63, 3.8) is 0 Å². The first-order chi connectivity index (χ1) is 10.1. The molecule has 2 amide bonds. The highest BCUT2D eigenvalue weighted by Gasteiger charge is 2.10. The summed E-state index contributed by atoms with van der Waals surface area (Å²) in [5, 5.41) is 5.69. The van der Waals surface area contributed by atoms with Gasteiger partial charge in [-0.05, 0) is 37.6 Å². The van der Waals surface area contributed by atoms with Crippen LogP contribution in [0.1, 0.15) is 42.5 Å². The molecule has 0 spiro atoms. The number of carbonyl (C=O) groups is 2. The molecule has 0 unspecified atom stereocenters. The Bertz CT molecular complexity index is 492. The number of anilines is 1. The molecular formula is C15H22ClN3O2. The van der Waals surface area contributed by atoms with Gasteiger partial charge in [0, 0.05) is 19.0 Å². The third-order valence-corrected chi connectivity index (χ3v) is 3.42. The number of amides is 2. The quantitative estimate of drug-likeness (QED) is 0.645. The lowest BCUT2D eigenvalue weighted by molar-refractivity contribution is -0.116. The van der Waals surface area contributed by atoms with E-state index in [-0.39, 0.29) is 11.8 Å². The number of carbonyl (C=O) groups excluding carboxylic acids is 2. The Balaban J connectivity index is 2.53. The minimum Gasteiger partial charge on any atom is -0.355 e. The van der Waals surface area contributed by atoms with Gasteiger partial charge in [-0.1, -0.05) is 24.4 Å². The molecule has 21 heavy (non-hydrogen) atoms. The Kier molecular flexibility index (Phi) is 7.79. The molecule has 1 rings (SSSR count). The van der Waals surface area contributed by atoms with Crippen molar-refractivity contribution in [2.45, 2.75) is 32.1 Å². The lowest BCUT2D eigenvalue weighted by Gasteiger charge is -2.09. The smallest absolute Gasteiger partial charge is 0.251 e. The van der Waals surface area contributed by atoms with E-state index in [9.17, 15) is 9.59 Å². The van der Waals surface area contributed by atoms with Crippen molar-refractivity contribution >= 4 is 29.1 Å². The van der Waals surface area contributed by atoms with E-state index in [1.807, 2.05) is 0 Å². The van der Waals surface area contributed by atoms with Crippen LogP contribution in [0.25, 0.3) is 0 Å². The van der Waals surface area contributed by atoms with Crippen LogP contribution in [0.2, 0.25) is 5.02 Å². The highest BCUT2D eigenvalue weighted by molar-refractivity contribution is 6.33. The van der Waals surface area contributed by atoms with E-state index in [1.165, 1.54) is 0 Å². The minimum atomic E-state index is -0.219. The molecule has 4 N–H and O–H groups in total. The monoisotopic (exact) mass is 311 g/mol. The largest absolute Gasteiger partial charge is 0.355 e. The minimum absolute atomic E-state index is 0.0984. The second-order valence-corrected chi connectivity index (χ2v) is 5.18. The van der Waals surface area contributed by atoms with E-state index in [1.54, 1.807) is 25.2 Å². The molecule has 116 valence electrons. The molecule has 0 radical (unpaired) electrons. The van der Waals surface area contributed by atoms with E-state index < -0.39 is 0 Å². The summed E-state index contributed by atoms with van der Waals surface area (Å²) in [7, 11) is 1.55. The lowest BCUT2D eigenvalue weighted by atomic mass is 10.1. The molecule has 5 nitrogen and oxygen atoms in total. The molecule has 0 fully saturated rings. The van der Waals surface area contributed by atoms with Crippen molar-refractivity contribution < 1.29 is 9.59 Å². The highest BCUT2D eigenvalue weighted by Crippen LogP contribution is 2.23. The number of unbranched alkanes of at least 4 members (excludes halogenated alkanes) is 3. The molecule has 0 bridgehead atoms. The van der Waals surface area contributed by atoms with Gasteiger partial charge in [0.15, 0.2) is 0 Å². The van der Waals surface area contributed by atoms with E-state index in [2.05, 4.69) is 10.6 Å². The van der Waals surface area contributed by atoms with Gasteiger partial charge in [-0.3, -0.25) is 9.59 Å². The van der Waals surface area contributed by atoms with Gasteiger partial charge in [-0.2, -0.15) is 0 Å². The number of halogens is 1. The summed E-state index contributed by atoms with van der Waals surface area (Å²) in [5.41, 5.74) is 6.33. The maximum Gasteiger partial charge on any atom is 0.251 e. The van der Waals surface area contributed by atoms with Crippen LogP contribution >= 0.6 is 11.6 Å². The standard InChI is InChI=1S/C15H22ClN3O2/c1-18-15(21)11-7-8-12(16)13(10-11)19-14(20)6-4-2-3-5-9-17/h7-8,10H,2-6,9,17H2,1H3,(H,18,21)(H,19,20). The van der Waals surface area contributed by atoms with Crippen molar-refractivity contribution in [2.75, 3.05) is 18.9 Å². The summed E-state index contributed by atoms with van der Waals surface area (Å²) >= 11 is 6.03. The topological polar surface area (TPSA) is 84.2 Å². The first-order valence-electron chi connectivity index (χ1n) is 7.10. The number of benzene rings is 1. The van der Waals surface area contributed by atoms with E-state index in [0.29, 0.717) is 29.2 Å². The Labute approximate surface area is 130 Å². The Hall–Kier alpha value is -1.59. The van der Waals surface area contributed by atoms with Gasteiger partial charge in [0.25, 0.3) is 5.91 Å². The SMILES string of the molecule is CNC(=O)c1ccc(Cl)c(NC(=O)CCCCCCN)c1. The van der Waals surface area contributed by atoms with Crippen LogP contribution < -0.4 is 16.4 Å². The normalized spacial score (nSPS) is 10.2. The van der Waals surface area contributed by atoms with Crippen LogP contribution in [0.15, 0.2) is 18.2 Å². The zero-order valence-electron chi connectivity index (χ0n) is 12.2. The zero-order valence-corrected chi connectivity index (χ0v) is 13.0. The van der Waals surface area contributed by atoms with Crippen molar-refractivity contribution in [3.8, 4) is 0 Å². The van der Waals surface area contributed by atoms with Crippen LogP contribution in [-0.4, -0.2) is 25.4 Å². The molecule has 0 aromatic heterocycles. The van der Waals surface area contributed by atoms with Gasteiger partial charge in [-0.15, -0.1) is 0 Å². The molecule has 0 aliphatic rings. The summed E-state index contributed by atoms with van der Waals surface area (Å²) in [4.78, 5) is 23.4. The fourth-order valence-corrected chi connectivity index (χ4v) is 2.07. The predicted molar refractivity (Wildman–Crippen MR) is 85.6 cm³/mol. The summed E-state index contributed by atoms with van der Waals surface area (Å²) in [6.45, 7) is 0.689.